The van der Waals surface area contributed by atoms with Gasteiger partial charge in [-0.15, -0.1) is 0 Å². The molecule has 0 saturated heterocycles. The number of unbranched alkanes of at least 4 members (excludes halogenated alkanes) is 1. The zero-order valence-electron chi connectivity index (χ0n) is 13.1. The van der Waals surface area contributed by atoms with Gasteiger partial charge in [-0.05, 0) is 13.5 Å². The standard InChI is InChI=1S/C14H34N3O/c1-6-7-8-14(18)13-16(2)11-9-15-10-12-17(3,4)5/h14-15,18H,6-13H2,1-5H3/q+1. The van der Waals surface area contributed by atoms with Crippen molar-refractivity contribution < 1.29 is 9.59 Å². The monoisotopic (exact) mass is 260 g/mol. The van der Waals surface area contributed by atoms with Crippen LogP contribution in [0.25, 0.3) is 0 Å². The van der Waals surface area contributed by atoms with Crippen molar-refractivity contribution in [3.05, 3.63) is 0 Å². The molecule has 0 heterocycles. The van der Waals surface area contributed by atoms with Crippen molar-refractivity contribution in [1.82, 2.24) is 10.2 Å². The predicted octanol–water partition coefficient (Wildman–Crippen LogP) is 0.765. The van der Waals surface area contributed by atoms with E-state index in [2.05, 4.69) is 45.3 Å². The summed E-state index contributed by atoms with van der Waals surface area (Å²) in [5.41, 5.74) is 0. The van der Waals surface area contributed by atoms with E-state index in [9.17, 15) is 5.11 Å². The second-order valence-corrected chi connectivity index (χ2v) is 6.32. The Kier molecular flexibility index (Phi) is 9.64. The first-order valence-electron chi connectivity index (χ1n) is 7.23. The Labute approximate surface area is 114 Å². The lowest BCUT2D eigenvalue weighted by molar-refractivity contribution is -0.869. The first kappa shape index (κ1) is 17.8. The van der Waals surface area contributed by atoms with Crippen molar-refractivity contribution in [2.75, 3.05) is 60.9 Å². The summed E-state index contributed by atoms with van der Waals surface area (Å²) < 4.78 is 0.999. The second-order valence-electron chi connectivity index (χ2n) is 6.32. The van der Waals surface area contributed by atoms with E-state index in [1.165, 1.54) is 0 Å². The highest BCUT2D eigenvalue weighted by Crippen LogP contribution is 2.01. The maximum Gasteiger partial charge on any atom is 0.0907 e. The predicted molar refractivity (Wildman–Crippen MR) is 78.8 cm³/mol. The minimum absolute atomic E-state index is 0.166. The Morgan fingerprint density at radius 3 is 2.44 bits per heavy atom. The van der Waals surface area contributed by atoms with Gasteiger partial charge in [0.15, 0.2) is 0 Å². The van der Waals surface area contributed by atoms with Crippen LogP contribution in [0, 0.1) is 0 Å². The number of aliphatic hydroxyl groups excluding tert-OH is 1. The molecule has 4 heteroatoms. The average molecular weight is 260 g/mol. The molecule has 110 valence electrons. The van der Waals surface area contributed by atoms with Crippen molar-refractivity contribution in [1.29, 1.82) is 0 Å². The van der Waals surface area contributed by atoms with Crippen molar-refractivity contribution in [2.45, 2.75) is 32.3 Å². The summed E-state index contributed by atoms with van der Waals surface area (Å²) in [6.07, 6.45) is 3.04. The number of aliphatic hydroxyl groups is 1. The van der Waals surface area contributed by atoms with E-state index in [-0.39, 0.29) is 6.10 Å². The Hall–Kier alpha value is -0.160. The van der Waals surface area contributed by atoms with E-state index in [1.54, 1.807) is 0 Å². The van der Waals surface area contributed by atoms with Crippen LogP contribution in [0.4, 0.5) is 0 Å². The zero-order chi connectivity index (χ0) is 14.0. The van der Waals surface area contributed by atoms with Gasteiger partial charge in [0.2, 0.25) is 0 Å². The van der Waals surface area contributed by atoms with E-state index in [0.717, 1.165) is 56.5 Å². The maximum atomic E-state index is 9.80. The van der Waals surface area contributed by atoms with Gasteiger partial charge in [0.25, 0.3) is 0 Å². The lowest BCUT2D eigenvalue weighted by atomic mass is 10.1. The summed E-state index contributed by atoms with van der Waals surface area (Å²) in [6, 6.07) is 0. The quantitative estimate of drug-likeness (QED) is 0.425. The molecule has 0 aromatic heterocycles. The van der Waals surface area contributed by atoms with Gasteiger partial charge in [0, 0.05) is 26.2 Å². The highest BCUT2D eigenvalue weighted by atomic mass is 16.3. The van der Waals surface area contributed by atoms with E-state index < -0.39 is 0 Å². The summed E-state index contributed by atoms with van der Waals surface area (Å²) in [6.45, 7) is 7.14. The largest absolute Gasteiger partial charge is 0.392 e. The van der Waals surface area contributed by atoms with Crippen LogP contribution in [-0.2, 0) is 0 Å². The third kappa shape index (κ3) is 12.3. The molecule has 0 aliphatic heterocycles. The SMILES string of the molecule is CCCCC(O)CN(C)CCNCC[N+](C)(C)C. The van der Waals surface area contributed by atoms with Gasteiger partial charge in [-0.3, -0.25) is 0 Å². The van der Waals surface area contributed by atoms with Gasteiger partial charge in [0.05, 0.1) is 33.8 Å². The molecule has 0 rings (SSSR count). The van der Waals surface area contributed by atoms with Crippen LogP contribution in [0.2, 0.25) is 0 Å². The van der Waals surface area contributed by atoms with E-state index in [1.807, 2.05) is 0 Å². The summed E-state index contributed by atoms with van der Waals surface area (Å²) in [4.78, 5) is 2.21. The minimum Gasteiger partial charge on any atom is -0.392 e. The van der Waals surface area contributed by atoms with Gasteiger partial charge in [-0.25, -0.2) is 0 Å². The molecular formula is C14H34N3O+. The Balaban J connectivity index is 3.44. The van der Waals surface area contributed by atoms with Crippen LogP contribution in [0.1, 0.15) is 26.2 Å². The lowest BCUT2D eigenvalue weighted by Crippen LogP contribution is -2.42. The second kappa shape index (κ2) is 9.73. The number of quaternary nitrogens is 1. The smallest absolute Gasteiger partial charge is 0.0907 e. The zero-order valence-corrected chi connectivity index (χ0v) is 13.1. The van der Waals surface area contributed by atoms with Crippen molar-refractivity contribution in [3.63, 3.8) is 0 Å². The molecule has 0 aliphatic rings. The molecule has 0 fully saturated rings. The molecule has 0 spiro atoms. The van der Waals surface area contributed by atoms with Crippen LogP contribution < -0.4 is 5.32 Å². The fourth-order valence-corrected chi connectivity index (χ4v) is 1.79. The molecule has 18 heavy (non-hydrogen) atoms. The first-order valence-corrected chi connectivity index (χ1v) is 7.23. The topological polar surface area (TPSA) is 35.5 Å². The van der Waals surface area contributed by atoms with E-state index >= 15 is 0 Å². The van der Waals surface area contributed by atoms with Gasteiger partial charge in [-0.1, -0.05) is 19.8 Å². The Morgan fingerprint density at radius 1 is 1.22 bits per heavy atom. The molecule has 0 amide bonds. The Morgan fingerprint density at radius 2 is 1.89 bits per heavy atom. The van der Waals surface area contributed by atoms with Gasteiger partial charge in [0.1, 0.15) is 0 Å². The van der Waals surface area contributed by atoms with E-state index in [4.69, 9.17) is 0 Å². The number of likely N-dealkylation sites (N-methyl/N-ethyl adjacent to an activating group) is 2. The molecule has 0 aromatic rings. The van der Waals surface area contributed by atoms with Crippen LogP contribution in [0.3, 0.4) is 0 Å². The van der Waals surface area contributed by atoms with Gasteiger partial charge >= 0.3 is 0 Å². The molecule has 1 unspecified atom stereocenters. The first-order chi connectivity index (χ1) is 8.35. The van der Waals surface area contributed by atoms with Crippen molar-refractivity contribution in [2.24, 2.45) is 0 Å². The molecule has 0 aliphatic carbocycles. The number of nitrogens with zero attached hydrogens (tertiary/aromatic N) is 2. The Bertz CT molecular complexity index is 192. The van der Waals surface area contributed by atoms with Gasteiger partial charge < -0.3 is 19.8 Å². The molecule has 0 saturated carbocycles. The molecule has 0 radical (unpaired) electrons. The number of nitrogens with one attached hydrogen (secondary N) is 1. The van der Waals surface area contributed by atoms with Gasteiger partial charge in [-0.2, -0.15) is 0 Å². The fraction of sp³-hybridized carbons (Fsp3) is 1.00. The third-order valence-corrected chi connectivity index (χ3v) is 3.04. The van der Waals surface area contributed by atoms with Crippen LogP contribution in [0.5, 0.6) is 0 Å². The molecular weight excluding hydrogens is 226 g/mol. The average Bonchev–Trinajstić information content (AvgIpc) is 2.24. The molecule has 4 nitrogen and oxygen atoms in total. The fourth-order valence-electron chi connectivity index (χ4n) is 1.79. The van der Waals surface area contributed by atoms with Crippen LogP contribution in [0.15, 0.2) is 0 Å². The van der Waals surface area contributed by atoms with Crippen LogP contribution >= 0.6 is 0 Å². The molecule has 1 atom stereocenters. The highest BCUT2D eigenvalue weighted by Gasteiger charge is 2.08. The van der Waals surface area contributed by atoms with Crippen molar-refractivity contribution in [3.8, 4) is 0 Å². The number of hydrogen-bond acceptors (Lipinski definition) is 3. The highest BCUT2D eigenvalue weighted by molar-refractivity contribution is 4.62. The van der Waals surface area contributed by atoms with E-state index in [0.29, 0.717) is 0 Å². The summed E-state index contributed by atoms with van der Waals surface area (Å²) >= 11 is 0. The normalized spacial score (nSPS) is 14.2. The molecule has 2 N–H and O–H groups in total. The number of hydrogen-bond donors (Lipinski definition) is 2. The molecule has 0 bridgehead atoms. The summed E-state index contributed by atoms with van der Waals surface area (Å²) in [5, 5.41) is 13.2. The summed E-state index contributed by atoms with van der Waals surface area (Å²) in [7, 11) is 8.70. The van der Waals surface area contributed by atoms with Crippen LogP contribution in [-0.4, -0.2) is 81.5 Å². The van der Waals surface area contributed by atoms with Crippen molar-refractivity contribution >= 4 is 0 Å². The summed E-state index contributed by atoms with van der Waals surface area (Å²) in [5.74, 6) is 0. The molecule has 0 aromatic carbocycles. The lowest BCUT2D eigenvalue weighted by Gasteiger charge is -2.24. The third-order valence-electron chi connectivity index (χ3n) is 3.04. The maximum absolute atomic E-state index is 9.80. The number of rotatable bonds is 11. The minimum atomic E-state index is -0.166.